The van der Waals surface area contributed by atoms with Crippen LogP contribution in [0.3, 0.4) is 0 Å². The zero-order valence-corrected chi connectivity index (χ0v) is 18.8. The van der Waals surface area contributed by atoms with Gasteiger partial charge >= 0.3 is 6.09 Å². The molecule has 3 rings (SSSR count). The van der Waals surface area contributed by atoms with Crippen molar-refractivity contribution in [3.05, 3.63) is 35.6 Å². The van der Waals surface area contributed by atoms with Crippen molar-refractivity contribution in [2.75, 3.05) is 6.61 Å². The number of amides is 1. The summed E-state index contributed by atoms with van der Waals surface area (Å²) >= 11 is 0. The summed E-state index contributed by atoms with van der Waals surface area (Å²) < 4.78 is 41.8. The number of nitrogens with one attached hydrogen (secondary N) is 1. The van der Waals surface area contributed by atoms with E-state index >= 15 is 8.78 Å². The lowest BCUT2D eigenvalue weighted by Crippen LogP contribution is -2.66. The lowest BCUT2D eigenvalue weighted by atomic mass is 9.62. The molecule has 1 amide bonds. The first-order chi connectivity index (χ1) is 14.2. The number of nitrogens with zero attached hydrogens (tertiary/aromatic N) is 2. The number of amidine groups is 1. The van der Waals surface area contributed by atoms with Gasteiger partial charge in [0.1, 0.15) is 33.9 Å². The quantitative estimate of drug-likeness (QED) is 0.716. The van der Waals surface area contributed by atoms with Gasteiger partial charge in [0.05, 0.1) is 18.8 Å². The molecule has 0 radical (unpaired) electrons. The lowest BCUT2D eigenvalue weighted by molar-refractivity contribution is -0.0329. The van der Waals surface area contributed by atoms with Gasteiger partial charge < -0.3 is 9.47 Å². The van der Waals surface area contributed by atoms with Crippen LogP contribution >= 0.6 is 0 Å². The molecule has 2 heterocycles. The first kappa shape index (κ1) is 23.1. The number of nitriles is 1. The number of fused-ring (bicyclic) bond motifs is 1. The number of hydrogen-bond donors (Lipinski definition) is 1. The number of ether oxygens (including phenoxy) is 2. The fourth-order valence-corrected chi connectivity index (χ4v) is 4.73. The van der Waals surface area contributed by atoms with Crippen LogP contribution in [0.5, 0.6) is 0 Å². The van der Waals surface area contributed by atoms with Crippen LogP contribution in [0.1, 0.15) is 53.5 Å². The molecule has 8 heteroatoms. The Bertz CT molecular complexity index is 947. The van der Waals surface area contributed by atoms with Gasteiger partial charge in [-0.25, -0.2) is 13.6 Å². The zero-order valence-electron chi connectivity index (χ0n) is 18.8. The predicted molar refractivity (Wildman–Crippen MR) is 111 cm³/mol. The van der Waals surface area contributed by atoms with Gasteiger partial charge in [0.25, 0.3) is 0 Å². The Hall–Kier alpha value is -2.53. The third kappa shape index (κ3) is 3.69. The summed E-state index contributed by atoms with van der Waals surface area (Å²) in [6.07, 6.45) is -1.88. The van der Waals surface area contributed by atoms with Crippen molar-refractivity contribution in [3.8, 4) is 6.07 Å². The number of likely N-dealkylation sites (tertiary alicyclic amines) is 1. The number of halogens is 2. The van der Waals surface area contributed by atoms with Crippen LogP contribution in [0, 0.1) is 33.9 Å². The second kappa shape index (κ2) is 7.27. The SMILES string of the molecule is CC(C)(C)OC(=O)N1C(=N)[C@@](C)(C#N)C[C@@H]2C(C(C)(C)F)OC[C@@]21c1ccccc1F. The number of rotatable bonds is 2. The Balaban J connectivity index is 2.31. The molecular weight excluding hydrogens is 404 g/mol. The molecule has 1 aromatic rings. The topological polar surface area (TPSA) is 86.4 Å². The standard InChI is InChI=1S/C23H29F2N3O3/c1-20(2,3)31-19(29)28-18(27)22(6,12-26)11-15-17(21(4,5)25)30-13-23(15,28)14-9-7-8-10-16(14)24/h7-10,15,17,27H,11,13H2,1-6H3/t15-,17?,22-,23-/m1/s1. The Labute approximate surface area is 181 Å². The highest BCUT2D eigenvalue weighted by molar-refractivity contribution is 6.00. The average Bonchev–Trinajstić information content (AvgIpc) is 3.00. The number of carbonyl (C=O) groups is 1. The summed E-state index contributed by atoms with van der Waals surface area (Å²) in [6, 6.07) is 8.00. The van der Waals surface area contributed by atoms with Crippen molar-refractivity contribution in [3.63, 3.8) is 0 Å². The molecule has 0 aromatic heterocycles. The highest BCUT2D eigenvalue weighted by Gasteiger charge is 2.67. The van der Waals surface area contributed by atoms with Gasteiger partial charge in [0, 0.05) is 11.5 Å². The molecule has 4 atom stereocenters. The monoisotopic (exact) mass is 433 g/mol. The maximum Gasteiger partial charge on any atom is 0.416 e. The van der Waals surface area contributed by atoms with E-state index in [0.29, 0.717) is 0 Å². The predicted octanol–water partition coefficient (Wildman–Crippen LogP) is 4.93. The van der Waals surface area contributed by atoms with Gasteiger partial charge in [-0.05, 0) is 54.0 Å². The van der Waals surface area contributed by atoms with Crippen LogP contribution < -0.4 is 0 Å². The third-order valence-corrected chi connectivity index (χ3v) is 6.07. The first-order valence-corrected chi connectivity index (χ1v) is 10.3. The highest BCUT2D eigenvalue weighted by Crippen LogP contribution is 2.57. The number of benzene rings is 1. The molecule has 1 unspecified atom stereocenters. The first-order valence-electron chi connectivity index (χ1n) is 10.3. The van der Waals surface area contributed by atoms with Crippen molar-refractivity contribution in [2.45, 2.75) is 70.9 Å². The number of piperidine rings is 1. The van der Waals surface area contributed by atoms with Crippen molar-refractivity contribution in [1.82, 2.24) is 4.90 Å². The minimum atomic E-state index is -1.83. The minimum Gasteiger partial charge on any atom is -0.443 e. The van der Waals surface area contributed by atoms with Crippen LogP contribution in [-0.4, -0.2) is 40.8 Å². The van der Waals surface area contributed by atoms with Gasteiger partial charge in [-0.1, -0.05) is 18.2 Å². The molecule has 2 saturated heterocycles. The number of alkyl halides is 1. The smallest absolute Gasteiger partial charge is 0.416 e. The maximum atomic E-state index is 15.2. The molecule has 2 aliphatic heterocycles. The van der Waals surface area contributed by atoms with Crippen molar-refractivity contribution in [1.29, 1.82) is 10.7 Å². The molecule has 0 bridgehead atoms. The summed E-state index contributed by atoms with van der Waals surface area (Å²) in [6.45, 7) is 9.04. The van der Waals surface area contributed by atoms with Gasteiger partial charge in [0.2, 0.25) is 0 Å². The van der Waals surface area contributed by atoms with Crippen molar-refractivity contribution < 1.29 is 23.0 Å². The Morgan fingerprint density at radius 2 is 1.94 bits per heavy atom. The number of carbonyl (C=O) groups excluding carboxylic acids is 1. The minimum absolute atomic E-state index is 0.0357. The second-order valence-electron chi connectivity index (χ2n) is 10.1. The van der Waals surface area contributed by atoms with E-state index in [0.717, 1.165) is 4.90 Å². The molecule has 0 saturated carbocycles. The normalized spacial score (nSPS) is 31.2. The summed E-state index contributed by atoms with van der Waals surface area (Å²) in [5.41, 5.74) is -5.54. The van der Waals surface area contributed by atoms with E-state index < -0.39 is 46.2 Å². The van der Waals surface area contributed by atoms with E-state index in [-0.39, 0.29) is 24.4 Å². The second-order valence-corrected chi connectivity index (χ2v) is 10.1. The zero-order chi connectivity index (χ0) is 23.4. The van der Waals surface area contributed by atoms with Crippen LogP contribution in [0.15, 0.2) is 24.3 Å². The van der Waals surface area contributed by atoms with Crippen molar-refractivity contribution in [2.24, 2.45) is 11.3 Å². The van der Waals surface area contributed by atoms with Gasteiger partial charge in [-0.3, -0.25) is 10.3 Å². The summed E-state index contributed by atoms with van der Waals surface area (Å²) in [5.74, 6) is -1.70. The molecule has 168 valence electrons. The maximum absolute atomic E-state index is 15.2. The van der Waals surface area contributed by atoms with Crippen LogP contribution in [0.2, 0.25) is 0 Å². The fraction of sp³-hybridized carbons (Fsp3) is 0.609. The Morgan fingerprint density at radius 1 is 1.32 bits per heavy atom. The Kier molecular flexibility index (Phi) is 5.42. The van der Waals surface area contributed by atoms with Crippen LogP contribution in [-0.2, 0) is 15.0 Å². The van der Waals surface area contributed by atoms with E-state index in [2.05, 4.69) is 6.07 Å². The summed E-state index contributed by atoms with van der Waals surface area (Å²) in [7, 11) is 0. The van der Waals surface area contributed by atoms with Gasteiger partial charge in [0.15, 0.2) is 0 Å². The largest absolute Gasteiger partial charge is 0.443 e. The summed E-state index contributed by atoms with van der Waals surface area (Å²) in [5, 5.41) is 18.7. The van der Waals surface area contributed by atoms with E-state index in [1.807, 2.05) is 0 Å². The van der Waals surface area contributed by atoms with Gasteiger partial charge in [-0.15, -0.1) is 0 Å². The summed E-state index contributed by atoms with van der Waals surface area (Å²) in [4.78, 5) is 14.4. The Morgan fingerprint density at radius 3 is 2.45 bits per heavy atom. The molecule has 2 fully saturated rings. The van der Waals surface area contributed by atoms with Crippen molar-refractivity contribution >= 4 is 11.9 Å². The molecule has 6 nitrogen and oxygen atoms in total. The molecule has 0 aliphatic carbocycles. The lowest BCUT2D eigenvalue weighted by Gasteiger charge is -2.53. The number of hydrogen-bond acceptors (Lipinski definition) is 5. The van der Waals surface area contributed by atoms with Gasteiger partial charge in [-0.2, -0.15) is 5.26 Å². The van der Waals surface area contributed by atoms with E-state index in [9.17, 15) is 10.1 Å². The highest BCUT2D eigenvalue weighted by atomic mass is 19.1. The van der Waals surface area contributed by atoms with Crippen LogP contribution in [0.4, 0.5) is 13.6 Å². The molecular formula is C23H29F2N3O3. The van der Waals surface area contributed by atoms with E-state index in [1.54, 1.807) is 26.8 Å². The molecule has 31 heavy (non-hydrogen) atoms. The molecule has 2 aliphatic rings. The molecule has 0 spiro atoms. The van der Waals surface area contributed by atoms with E-state index in [4.69, 9.17) is 14.9 Å². The van der Waals surface area contributed by atoms with E-state index in [1.165, 1.54) is 39.0 Å². The van der Waals surface area contributed by atoms with Crippen LogP contribution in [0.25, 0.3) is 0 Å². The molecule has 1 aromatic carbocycles. The average molecular weight is 433 g/mol. The molecule has 1 N–H and O–H groups in total. The fourth-order valence-electron chi connectivity index (χ4n) is 4.73. The third-order valence-electron chi connectivity index (χ3n) is 6.07.